The SMILES string of the molecule is O=C(O)Cc1c(CCl)cnc(C(F)F)c1Cl. The third-order valence-electron chi connectivity index (χ3n) is 1.92. The van der Waals surface area contributed by atoms with E-state index in [1.807, 2.05) is 0 Å². The van der Waals surface area contributed by atoms with Crippen LogP contribution in [-0.4, -0.2) is 16.1 Å². The average molecular weight is 270 g/mol. The molecule has 0 aliphatic carbocycles. The molecule has 0 bridgehead atoms. The highest BCUT2D eigenvalue weighted by atomic mass is 35.5. The standard InChI is InChI=1S/C9H7Cl2F2NO2/c10-2-4-3-14-8(9(12)13)7(11)5(4)1-6(15)16/h3,9H,1-2H2,(H,15,16). The average Bonchev–Trinajstić information content (AvgIpc) is 2.19. The lowest BCUT2D eigenvalue weighted by molar-refractivity contribution is -0.136. The molecular weight excluding hydrogens is 263 g/mol. The summed E-state index contributed by atoms with van der Waals surface area (Å²) < 4.78 is 24.9. The third-order valence-corrected chi connectivity index (χ3v) is 2.63. The molecule has 0 saturated heterocycles. The molecule has 0 fully saturated rings. The second-order valence-corrected chi connectivity index (χ2v) is 3.61. The molecule has 0 saturated carbocycles. The van der Waals surface area contributed by atoms with E-state index >= 15 is 0 Å². The summed E-state index contributed by atoms with van der Waals surface area (Å²) in [6, 6.07) is 0. The summed E-state index contributed by atoms with van der Waals surface area (Å²) in [6.45, 7) is 0. The van der Waals surface area contributed by atoms with Gasteiger partial charge in [-0.05, 0) is 11.1 Å². The Bertz CT molecular complexity index is 413. The van der Waals surface area contributed by atoms with Crippen LogP contribution in [-0.2, 0) is 17.1 Å². The maximum atomic E-state index is 12.5. The monoisotopic (exact) mass is 269 g/mol. The Kier molecular flexibility index (Phi) is 4.44. The number of hydrogen-bond acceptors (Lipinski definition) is 2. The number of nitrogens with zero attached hydrogens (tertiary/aromatic N) is 1. The number of alkyl halides is 3. The Morgan fingerprint density at radius 2 is 2.19 bits per heavy atom. The number of aromatic nitrogens is 1. The molecule has 0 aromatic carbocycles. The topological polar surface area (TPSA) is 50.2 Å². The molecule has 16 heavy (non-hydrogen) atoms. The van der Waals surface area contributed by atoms with Crippen LogP contribution in [0.1, 0.15) is 23.2 Å². The minimum atomic E-state index is -2.84. The van der Waals surface area contributed by atoms with Gasteiger partial charge in [-0.3, -0.25) is 9.78 Å². The zero-order valence-corrected chi connectivity index (χ0v) is 9.40. The van der Waals surface area contributed by atoms with E-state index in [1.165, 1.54) is 0 Å². The van der Waals surface area contributed by atoms with E-state index in [1.54, 1.807) is 0 Å². The fourth-order valence-corrected chi connectivity index (χ4v) is 1.74. The molecule has 88 valence electrons. The number of carbonyl (C=O) groups is 1. The first kappa shape index (κ1) is 13.1. The lowest BCUT2D eigenvalue weighted by Gasteiger charge is -2.10. The van der Waals surface area contributed by atoms with Crippen molar-refractivity contribution in [3.8, 4) is 0 Å². The van der Waals surface area contributed by atoms with E-state index < -0.39 is 24.5 Å². The summed E-state index contributed by atoms with van der Waals surface area (Å²) in [5, 5.41) is 8.31. The number of aliphatic carboxylic acids is 1. The molecule has 1 N–H and O–H groups in total. The molecule has 0 radical (unpaired) electrons. The van der Waals surface area contributed by atoms with Gasteiger partial charge in [0, 0.05) is 12.1 Å². The highest BCUT2D eigenvalue weighted by Gasteiger charge is 2.20. The van der Waals surface area contributed by atoms with Crippen molar-refractivity contribution in [2.75, 3.05) is 0 Å². The van der Waals surface area contributed by atoms with Gasteiger partial charge in [0.15, 0.2) is 0 Å². The van der Waals surface area contributed by atoms with Crippen molar-refractivity contribution in [1.82, 2.24) is 4.98 Å². The van der Waals surface area contributed by atoms with Gasteiger partial charge in [0.2, 0.25) is 0 Å². The molecule has 0 spiro atoms. The Labute approximate surface area is 100 Å². The predicted molar refractivity (Wildman–Crippen MR) is 55.1 cm³/mol. The van der Waals surface area contributed by atoms with Gasteiger partial charge in [0.05, 0.1) is 11.4 Å². The maximum Gasteiger partial charge on any atom is 0.307 e. The van der Waals surface area contributed by atoms with Crippen LogP contribution < -0.4 is 0 Å². The van der Waals surface area contributed by atoms with Gasteiger partial charge < -0.3 is 5.11 Å². The van der Waals surface area contributed by atoms with Crippen LogP contribution >= 0.6 is 23.2 Å². The summed E-state index contributed by atoms with van der Waals surface area (Å²) in [5.41, 5.74) is -0.181. The molecule has 0 unspecified atom stereocenters. The van der Waals surface area contributed by atoms with Crippen LogP contribution in [0.4, 0.5) is 8.78 Å². The van der Waals surface area contributed by atoms with Crippen molar-refractivity contribution >= 4 is 29.2 Å². The van der Waals surface area contributed by atoms with E-state index in [9.17, 15) is 13.6 Å². The molecule has 0 atom stereocenters. The molecule has 3 nitrogen and oxygen atoms in total. The molecule has 1 rings (SSSR count). The lowest BCUT2D eigenvalue weighted by atomic mass is 10.1. The summed E-state index contributed by atoms with van der Waals surface area (Å²) in [5.74, 6) is -1.20. The number of carboxylic acid groups (broad SMARTS) is 1. The van der Waals surface area contributed by atoms with Crippen LogP contribution in [0.25, 0.3) is 0 Å². The summed E-state index contributed by atoms with van der Waals surface area (Å²) >= 11 is 11.2. The summed E-state index contributed by atoms with van der Waals surface area (Å²) in [7, 11) is 0. The van der Waals surface area contributed by atoms with Crippen molar-refractivity contribution in [2.24, 2.45) is 0 Å². The molecule has 0 amide bonds. The molecule has 0 aliphatic heterocycles. The van der Waals surface area contributed by atoms with E-state index in [4.69, 9.17) is 28.3 Å². The fourth-order valence-electron chi connectivity index (χ4n) is 1.19. The fraction of sp³-hybridized carbons (Fsp3) is 0.333. The van der Waals surface area contributed by atoms with Gasteiger partial charge in [-0.1, -0.05) is 11.6 Å². The maximum absolute atomic E-state index is 12.5. The Balaban J connectivity index is 3.28. The van der Waals surface area contributed by atoms with Gasteiger partial charge >= 0.3 is 5.97 Å². The van der Waals surface area contributed by atoms with E-state index in [0.29, 0.717) is 5.56 Å². The Morgan fingerprint density at radius 1 is 1.56 bits per heavy atom. The van der Waals surface area contributed by atoms with Gasteiger partial charge in [-0.2, -0.15) is 0 Å². The van der Waals surface area contributed by atoms with Crippen molar-refractivity contribution in [2.45, 2.75) is 18.7 Å². The second kappa shape index (κ2) is 5.41. The van der Waals surface area contributed by atoms with Crippen LogP contribution in [0.15, 0.2) is 6.20 Å². The van der Waals surface area contributed by atoms with E-state index in [2.05, 4.69) is 4.98 Å². The molecule has 7 heteroatoms. The highest BCUT2D eigenvalue weighted by Crippen LogP contribution is 2.30. The number of halogens is 4. The van der Waals surface area contributed by atoms with Gasteiger partial charge in [0.25, 0.3) is 6.43 Å². The Hall–Kier alpha value is -0.940. The number of hydrogen-bond donors (Lipinski definition) is 1. The molecule has 0 aliphatic rings. The first-order valence-electron chi connectivity index (χ1n) is 4.19. The zero-order valence-electron chi connectivity index (χ0n) is 7.88. The molecule has 1 aromatic rings. The van der Waals surface area contributed by atoms with Crippen molar-refractivity contribution in [3.63, 3.8) is 0 Å². The smallest absolute Gasteiger partial charge is 0.307 e. The van der Waals surface area contributed by atoms with Crippen LogP contribution in [0.5, 0.6) is 0 Å². The summed E-state index contributed by atoms with van der Waals surface area (Å²) in [4.78, 5) is 14.0. The largest absolute Gasteiger partial charge is 0.481 e. The van der Waals surface area contributed by atoms with Crippen molar-refractivity contribution < 1.29 is 18.7 Å². The van der Waals surface area contributed by atoms with Crippen LogP contribution in [0, 0.1) is 0 Å². The van der Waals surface area contributed by atoms with Gasteiger partial charge in [0.1, 0.15) is 5.69 Å². The minimum absolute atomic E-state index is 0.0289. The quantitative estimate of drug-likeness (QED) is 0.855. The van der Waals surface area contributed by atoms with Crippen molar-refractivity contribution in [1.29, 1.82) is 0 Å². The predicted octanol–water partition coefficient (Wildman–Crippen LogP) is 3.04. The lowest BCUT2D eigenvalue weighted by Crippen LogP contribution is -2.07. The Morgan fingerprint density at radius 3 is 2.62 bits per heavy atom. The normalized spacial score (nSPS) is 10.8. The van der Waals surface area contributed by atoms with Gasteiger partial charge in [-0.15, -0.1) is 11.6 Å². The number of rotatable bonds is 4. The first-order chi connectivity index (χ1) is 7.47. The van der Waals surface area contributed by atoms with E-state index in [0.717, 1.165) is 6.20 Å². The summed E-state index contributed by atoms with van der Waals surface area (Å²) in [6.07, 6.45) is -2.17. The number of carboxylic acids is 1. The van der Waals surface area contributed by atoms with Crippen LogP contribution in [0.2, 0.25) is 5.02 Å². The zero-order chi connectivity index (χ0) is 12.3. The molecule has 1 aromatic heterocycles. The first-order valence-corrected chi connectivity index (χ1v) is 5.10. The minimum Gasteiger partial charge on any atom is -0.481 e. The van der Waals surface area contributed by atoms with Crippen LogP contribution in [0.3, 0.4) is 0 Å². The molecular formula is C9H7Cl2F2NO2. The second-order valence-electron chi connectivity index (χ2n) is 2.97. The van der Waals surface area contributed by atoms with Crippen molar-refractivity contribution in [3.05, 3.63) is 28.0 Å². The number of pyridine rings is 1. The molecule has 1 heterocycles. The van der Waals surface area contributed by atoms with Gasteiger partial charge in [-0.25, -0.2) is 8.78 Å². The third kappa shape index (κ3) is 2.80. The van der Waals surface area contributed by atoms with E-state index in [-0.39, 0.29) is 16.5 Å². The highest BCUT2D eigenvalue weighted by molar-refractivity contribution is 6.32.